The van der Waals surface area contributed by atoms with Gasteiger partial charge in [0.15, 0.2) is 0 Å². The number of carboxylic acids is 2. The molecule has 11 nitrogen and oxygen atoms in total. The second kappa shape index (κ2) is 15.1. The third kappa shape index (κ3) is 11.6. The summed E-state index contributed by atoms with van der Waals surface area (Å²) in [7, 11) is -4.17. The number of aliphatic carboxylic acids is 2. The average molecular weight is 587 g/mol. The van der Waals surface area contributed by atoms with Crippen LogP contribution in [0.4, 0.5) is 13.2 Å². The molecule has 1 unspecified atom stereocenters. The maximum absolute atomic E-state index is 13.2. The Labute approximate surface area is 227 Å². The number of alkyl halides is 3. The van der Waals surface area contributed by atoms with Crippen LogP contribution in [0.15, 0.2) is 0 Å². The van der Waals surface area contributed by atoms with Crippen LogP contribution >= 0.6 is 0 Å². The fourth-order valence-electron chi connectivity index (χ4n) is 5.80. The number of amides is 1. The highest BCUT2D eigenvalue weighted by Gasteiger charge is 2.41. The van der Waals surface area contributed by atoms with Crippen molar-refractivity contribution in [2.24, 2.45) is 23.5 Å². The van der Waals surface area contributed by atoms with Gasteiger partial charge in [0.05, 0.1) is 0 Å². The van der Waals surface area contributed by atoms with Crippen LogP contribution in [0.1, 0.15) is 83.5 Å². The van der Waals surface area contributed by atoms with Gasteiger partial charge in [-0.2, -0.15) is 31.0 Å². The normalized spacial score (nSPS) is 24.9. The predicted molar refractivity (Wildman–Crippen MR) is 136 cm³/mol. The number of nitrogens with one attached hydrogen (secondary N) is 3. The van der Waals surface area contributed by atoms with Gasteiger partial charge in [-0.1, -0.05) is 44.9 Å². The smallest absolute Gasteiger partial charge is 0.480 e. The number of hydrogen-bond acceptors (Lipinski definition) is 6. The lowest BCUT2D eigenvalue weighted by Crippen LogP contribution is -2.55. The minimum atomic E-state index is -5.08. The van der Waals surface area contributed by atoms with Crippen LogP contribution in [0.2, 0.25) is 0 Å². The lowest BCUT2D eigenvalue weighted by molar-refractivity contribution is -0.192. The first-order valence-corrected chi connectivity index (χ1v) is 15.0. The van der Waals surface area contributed by atoms with Gasteiger partial charge >= 0.3 is 18.1 Å². The molecule has 0 aromatic carbocycles. The van der Waals surface area contributed by atoms with Gasteiger partial charge in [-0.25, -0.2) is 4.79 Å². The molecule has 3 aliphatic rings. The first-order chi connectivity index (χ1) is 18.2. The van der Waals surface area contributed by atoms with E-state index < -0.39 is 40.4 Å². The lowest BCUT2D eigenvalue weighted by atomic mass is 9.84. The minimum absolute atomic E-state index is 0.121. The number of carbonyl (C=O) groups is 3. The molecule has 3 rings (SSSR count). The van der Waals surface area contributed by atoms with Crippen molar-refractivity contribution in [3.05, 3.63) is 0 Å². The second-order valence-electron chi connectivity index (χ2n) is 10.8. The number of carbonyl (C=O) groups excluding carboxylic acids is 1. The largest absolute Gasteiger partial charge is 0.490 e. The van der Waals surface area contributed by atoms with Gasteiger partial charge in [-0.05, 0) is 62.8 Å². The summed E-state index contributed by atoms with van der Waals surface area (Å²) in [6.45, 7) is 0.421. The van der Waals surface area contributed by atoms with Gasteiger partial charge < -0.3 is 21.3 Å². The van der Waals surface area contributed by atoms with E-state index in [9.17, 15) is 36.3 Å². The van der Waals surface area contributed by atoms with E-state index in [1.807, 2.05) is 0 Å². The molecule has 0 aromatic rings. The fourth-order valence-corrected chi connectivity index (χ4v) is 7.04. The zero-order valence-corrected chi connectivity index (χ0v) is 22.7. The Morgan fingerprint density at radius 3 is 2.03 bits per heavy atom. The zero-order chi connectivity index (χ0) is 29.2. The molecular weight excluding hydrogens is 545 g/mol. The summed E-state index contributed by atoms with van der Waals surface area (Å²) in [6.07, 6.45) is 6.45. The molecule has 3 aliphatic carbocycles. The standard InChI is InChI=1S/C22H40N4O5S.C2HF3O2/c23-11-5-4-8-18(22(28)29)25-32(30,31)26-20(13-15-6-2-1-3-7-15)21(27)24-19-14-16-9-10-17(19)12-16;3-2(4,5)1(6)7/h15-20,25-26H,1-14,23H2,(H,24,27)(H,28,29);(H,6,7)/t16-,17+,18+,19?,20+;/m1./s1. The summed E-state index contributed by atoms with van der Waals surface area (Å²) < 4.78 is 62.1. The number of unbranched alkanes of at least 4 members (excludes halogenated alkanes) is 1. The van der Waals surface area contributed by atoms with Crippen LogP contribution in [0.3, 0.4) is 0 Å². The summed E-state index contributed by atoms with van der Waals surface area (Å²) in [5, 5.41) is 19.7. The highest BCUT2D eigenvalue weighted by Crippen LogP contribution is 2.44. The maximum atomic E-state index is 13.2. The third-order valence-corrected chi connectivity index (χ3v) is 8.95. The van der Waals surface area contributed by atoms with E-state index in [2.05, 4.69) is 14.8 Å². The number of nitrogens with two attached hydrogens (primary N) is 1. The topological polar surface area (TPSA) is 188 Å². The second-order valence-corrected chi connectivity index (χ2v) is 12.3. The average Bonchev–Trinajstić information content (AvgIpc) is 3.47. The Morgan fingerprint density at radius 2 is 1.54 bits per heavy atom. The summed E-state index contributed by atoms with van der Waals surface area (Å²) >= 11 is 0. The van der Waals surface area contributed by atoms with Gasteiger partial charge in [0.1, 0.15) is 12.1 Å². The van der Waals surface area contributed by atoms with Crippen molar-refractivity contribution in [1.29, 1.82) is 0 Å². The Hall–Kier alpha value is -1.97. The number of hydrogen-bond donors (Lipinski definition) is 6. The van der Waals surface area contributed by atoms with Crippen molar-refractivity contribution in [3.63, 3.8) is 0 Å². The number of rotatable bonds is 13. The van der Waals surface area contributed by atoms with Crippen LogP contribution in [-0.4, -0.2) is 67.3 Å². The molecule has 0 aromatic heterocycles. The van der Waals surface area contributed by atoms with Gasteiger partial charge in [-0.15, -0.1) is 0 Å². The van der Waals surface area contributed by atoms with Crippen LogP contribution < -0.4 is 20.5 Å². The molecule has 0 spiro atoms. The van der Waals surface area contributed by atoms with E-state index in [1.165, 1.54) is 12.8 Å². The van der Waals surface area contributed by atoms with E-state index >= 15 is 0 Å². The molecule has 15 heteroatoms. The van der Waals surface area contributed by atoms with Crippen molar-refractivity contribution >= 4 is 28.1 Å². The summed E-state index contributed by atoms with van der Waals surface area (Å²) in [4.78, 5) is 33.6. The van der Waals surface area contributed by atoms with Crippen LogP contribution in [0.5, 0.6) is 0 Å². The first kappa shape index (κ1) is 33.2. The molecule has 0 heterocycles. The maximum Gasteiger partial charge on any atom is 0.490 e. The van der Waals surface area contributed by atoms with Gasteiger partial charge in [0, 0.05) is 6.04 Å². The van der Waals surface area contributed by atoms with E-state index in [1.54, 1.807) is 0 Å². The molecule has 5 atom stereocenters. The molecule has 0 aliphatic heterocycles. The summed E-state index contributed by atoms with van der Waals surface area (Å²) in [5.41, 5.74) is 5.45. The highest BCUT2D eigenvalue weighted by atomic mass is 32.2. The molecule has 3 fully saturated rings. The van der Waals surface area contributed by atoms with E-state index in [-0.39, 0.29) is 18.4 Å². The summed E-state index contributed by atoms with van der Waals surface area (Å²) in [6, 6.07) is -2.02. The Bertz CT molecular complexity index is 929. The first-order valence-electron chi connectivity index (χ1n) is 13.5. The van der Waals surface area contributed by atoms with Gasteiger partial charge in [0.25, 0.3) is 10.2 Å². The Balaban J connectivity index is 0.000000673. The SMILES string of the molecule is NCCCC[C@H](NS(=O)(=O)N[C@@H](CC1CCCCC1)C(=O)NC1C[C@@H]2CC[C@H]1C2)C(=O)O.O=C(O)C(F)(F)F. The molecule has 226 valence electrons. The minimum Gasteiger partial charge on any atom is -0.480 e. The molecular formula is C24H41F3N4O7S. The third-order valence-electron chi connectivity index (χ3n) is 7.76. The predicted octanol–water partition coefficient (Wildman–Crippen LogP) is 2.27. The van der Waals surface area contributed by atoms with E-state index in [4.69, 9.17) is 15.6 Å². The van der Waals surface area contributed by atoms with Crippen LogP contribution in [0, 0.1) is 17.8 Å². The molecule has 39 heavy (non-hydrogen) atoms. The van der Waals surface area contributed by atoms with Crippen LogP contribution in [-0.2, 0) is 24.6 Å². The fraction of sp³-hybridized carbons (Fsp3) is 0.875. The van der Waals surface area contributed by atoms with Crippen molar-refractivity contribution in [2.45, 2.75) is 108 Å². The molecule has 0 radical (unpaired) electrons. The monoisotopic (exact) mass is 586 g/mol. The molecule has 3 saturated carbocycles. The molecule has 0 saturated heterocycles. The van der Waals surface area contributed by atoms with Crippen molar-refractivity contribution in [3.8, 4) is 0 Å². The number of carboxylic acid groups (broad SMARTS) is 2. The van der Waals surface area contributed by atoms with Crippen molar-refractivity contribution in [1.82, 2.24) is 14.8 Å². The highest BCUT2D eigenvalue weighted by molar-refractivity contribution is 7.87. The molecule has 2 bridgehead atoms. The van der Waals surface area contributed by atoms with E-state index in [0.717, 1.165) is 44.9 Å². The Kier molecular flexibility index (Phi) is 12.9. The van der Waals surface area contributed by atoms with E-state index in [0.29, 0.717) is 43.6 Å². The number of fused-ring (bicyclic) bond motifs is 2. The molecule has 7 N–H and O–H groups in total. The lowest BCUT2D eigenvalue weighted by Gasteiger charge is -2.29. The van der Waals surface area contributed by atoms with Gasteiger partial charge in [-0.3, -0.25) is 9.59 Å². The Morgan fingerprint density at radius 1 is 0.923 bits per heavy atom. The van der Waals surface area contributed by atoms with Crippen molar-refractivity contribution < 1.29 is 46.2 Å². The zero-order valence-electron chi connectivity index (χ0n) is 21.9. The van der Waals surface area contributed by atoms with Crippen LogP contribution in [0.25, 0.3) is 0 Å². The quantitative estimate of drug-likeness (QED) is 0.177. The van der Waals surface area contributed by atoms with Gasteiger partial charge in [0.2, 0.25) is 5.91 Å². The van der Waals surface area contributed by atoms with Crippen molar-refractivity contribution in [2.75, 3.05) is 6.54 Å². The number of halogens is 3. The molecule has 1 amide bonds. The summed E-state index contributed by atoms with van der Waals surface area (Å²) in [5.74, 6) is -2.82.